The maximum atomic E-state index is 6.48. The van der Waals surface area contributed by atoms with Crippen LogP contribution in [-0.2, 0) is 0 Å². The van der Waals surface area contributed by atoms with E-state index in [4.69, 9.17) is 11.6 Å². The van der Waals surface area contributed by atoms with E-state index in [0.717, 1.165) is 23.7 Å². The average Bonchev–Trinajstić information content (AvgIpc) is 2.81. The Hall–Kier alpha value is 0.290. The van der Waals surface area contributed by atoms with Gasteiger partial charge in [-0.25, -0.2) is 0 Å². The molecule has 4 aliphatic rings. The van der Waals surface area contributed by atoms with E-state index in [9.17, 15) is 0 Å². The lowest BCUT2D eigenvalue weighted by atomic mass is 9.45. The minimum atomic E-state index is 0.477. The number of hydrogen-bond donors (Lipinski definition) is 0. The summed E-state index contributed by atoms with van der Waals surface area (Å²) in [4.78, 5) is 0. The molecule has 0 aromatic carbocycles. The molecule has 0 nitrogen and oxygen atoms in total. The highest BCUT2D eigenvalue weighted by atomic mass is 35.5. The van der Waals surface area contributed by atoms with Gasteiger partial charge in [-0.15, -0.1) is 11.6 Å². The molecule has 0 aromatic heterocycles. The van der Waals surface area contributed by atoms with Gasteiger partial charge in [0.25, 0.3) is 0 Å². The van der Waals surface area contributed by atoms with Crippen LogP contribution in [0.25, 0.3) is 0 Å². The molecule has 7 unspecified atom stereocenters. The van der Waals surface area contributed by atoms with Gasteiger partial charge in [-0.2, -0.15) is 0 Å². The first kappa shape index (κ1) is 13.9. The van der Waals surface area contributed by atoms with E-state index in [2.05, 4.69) is 13.8 Å². The second-order valence-corrected chi connectivity index (χ2v) is 9.73. The predicted molar refractivity (Wildman–Crippen MR) is 86.0 cm³/mol. The van der Waals surface area contributed by atoms with Crippen LogP contribution in [0.15, 0.2) is 0 Å². The third-order valence-corrected chi connectivity index (χ3v) is 8.78. The number of rotatable bonds is 0. The van der Waals surface area contributed by atoms with Crippen LogP contribution in [0, 0.1) is 34.5 Å². The van der Waals surface area contributed by atoms with E-state index in [1.54, 1.807) is 0 Å². The maximum Gasteiger partial charge on any atom is 0.0339 e. The molecule has 0 saturated heterocycles. The minimum Gasteiger partial charge on any atom is -0.123 e. The number of halogens is 1. The molecule has 4 saturated carbocycles. The Labute approximate surface area is 130 Å². The first-order chi connectivity index (χ1) is 9.53. The van der Waals surface area contributed by atoms with Gasteiger partial charge in [0.1, 0.15) is 0 Å². The monoisotopic (exact) mass is 294 g/mol. The van der Waals surface area contributed by atoms with Crippen LogP contribution in [0.3, 0.4) is 0 Å². The third kappa shape index (κ3) is 1.86. The van der Waals surface area contributed by atoms with E-state index in [1.165, 1.54) is 64.2 Å². The molecule has 0 spiro atoms. The van der Waals surface area contributed by atoms with Gasteiger partial charge in [0, 0.05) is 5.38 Å². The Kier molecular flexibility index (Phi) is 3.23. The van der Waals surface area contributed by atoms with Crippen LogP contribution < -0.4 is 0 Å². The molecule has 0 aromatic rings. The van der Waals surface area contributed by atoms with Gasteiger partial charge >= 0.3 is 0 Å². The van der Waals surface area contributed by atoms with Gasteiger partial charge in [0.2, 0.25) is 0 Å². The summed E-state index contributed by atoms with van der Waals surface area (Å²) in [5, 5.41) is 0.477. The van der Waals surface area contributed by atoms with Gasteiger partial charge in [-0.05, 0) is 92.3 Å². The number of alkyl halides is 1. The summed E-state index contributed by atoms with van der Waals surface area (Å²) in [6.07, 6.45) is 14.6. The van der Waals surface area contributed by atoms with Crippen LogP contribution >= 0.6 is 11.6 Å². The van der Waals surface area contributed by atoms with Crippen molar-refractivity contribution in [3.63, 3.8) is 0 Å². The molecule has 7 atom stereocenters. The Morgan fingerprint density at radius 2 is 1.70 bits per heavy atom. The third-order valence-electron chi connectivity index (χ3n) is 8.38. The van der Waals surface area contributed by atoms with Crippen LogP contribution in [0.2, 0.25) is 0 Å². The van der Waals surface area contributed by atoms with Gasteiger partial charge in [-0.3, -0.25) is 0 Å². The quantitative estimate of drug-likeness (QED) is 0.479. The molecule has 0 radical (unpaired) electrons. The smallest absolute Gasteiger partial charge is 0.0339 e. The maximum absolute atomic E-state index is 6.48. The van der Waals surface area contributed by atoms with Crippen LogP contribution in [0.4, 0.5) is 0 Å². The van der Waals surface area contributed by atoms with Crippen molar-refractivity contribution in [1.29, 1.82) is 0 Å². The molecule has 0 aliphatic heterocycles. The standard InChI is InChI=1S/C19H31Cl/c1-18-9-3-4-16(18)15-6-5-13-12-14(20)7-11-19(13,2)17(15)8-10-18/h13-17H,3-12H2,1-2H3. The minimum absolute atomic E-state index is 0.477. The lowest BCUT2D eigenvalue weighted by Gasteiger charge is -2.60. The van der Waals surface area contributed by atoms with E-state index in [1.807, 2.05) is 0 Å². The summed E-state index contributed by atoms with van der Waals surface area (Å²) in [5.41, 5.74) is 1.35. The molecule has 20 heavy (non-hydrogen) atoms. The topological polar surface area (TPSA) is 0 Å². The zero-order chi connectivity index (χ0) is 14.0. The molecule has 4 aliphatic carbocycles. The highest BCUT2D eigenvalue weighted by molar-refractivity contribution is 6.20. The first-order valence-electron chi connectivity index (χ1n) is 9.17. The van der Waals surface area contributed by atoms with E-state index >= 15 is 0 Å². The predicted octanol–water partition coefficient (Wildman–Crippen LogP) is 6.03. The fourth-order valence-electron chi connectivity index (χ4n) is 7.20. The van der Waals surface area contributed by atoms with Crippen LogP contribution in [-0.4, -0.2) is 5.38 Å². The second-order valence-electron chi connectivity index (χ2n) is 9.11. The molecule has 0 heterocycles. The van der Waals surface area contributed by atoms with Gasteiger partial charge in [-0.1, -0.05) is 20.3 Å². The molecule has 0 N–H and O–H groups in total. The van der Waals surface area contributed by atoms with Crippen molar-refractivity contribution >= 4 is 11.6 Å². The molecule has 4 fully saturated rings. The first-order valence-corrected chi connectivity index (χ1v) is 9.61. The summed E-state index contributed by atoms with van der Waals surface area (Å²) in [7, 11) is 0. The van der Waals surface area contributed by atoms with Crippen molar-refractivity contribution < 1.29 is 0 Å². The van der Waals surface area contributed by atoms with E-state index < -0.39 is 0 Å². The van der Waals surface area contributed by atoms with Crippen molar-refractivity contribution in [1.82, 2.24) is 0 Å². The molecule has 114 valence electrons. The van der Waals surface area contributed by atoms with Crippen molar-refractivity contribution in [3.8, 4) is 0 Å². The number of fused-ring (bicyclic) bond motifs is 5. The van der Waals surface area contributed by atoms with Crippen molar-refractivity contribution in [3.05, 3.63) is 0 Å². The summed E-state index contributed by atoms with van der Waals surface area (Å²) in [5.74, 6) is 4.09. The van der Waals surface area contributed by atoms with Crippen LogP contribution in [0.5, 0.6) is 0 Å². The van der Waals surface area contributed by atoms with E-state index in [-0.39, 0.29) is 0 Å². The lowest BCUT2D eigenvalue weighted by molar-refractivity contribution is -0.102. The summed E-state index contributed by atoms with van der Waals surface area (Å²) in [6.45, 7) is 5.26. The Morgan fingerprint density at radius 3 is 2.55 bits per heavy atom. The second kappa shape index (κ2) is 4.64. The zero-order valence-electron chi connectivity index (χ0n) is 13.3. The normalized spacial score (nSPS) is 58.6. The molecule has 0 bridgehead atoms. The van der Waals surface area contributed by atoms with Crippen LogP contribution in [0.1, 0.15) is 78.1 Å². The Balaban J connectivity index is 1.62. The van der Waals surface area contributed by atoms with Gasteiger partial charge < -0.3 is 0 Å². The van der Waals surface area contributed by atoms with Gasteiger partial charge in [0.05, 0.1) is 0 Å². The molecule has 4 rings (SSSR count). The Morgan fingerprint density at radius 1 is 0.850 bits per heavy atom. The fourth-order valence-corrected chi connectivity index (χ4v) is 7.52. The highest BCUT2D eigenvalue weighted by Gasteiger charge is 2.57. The van der Waals surface area contributed by atoms with E-state index in [0.29, 0.717) is 16.2 Å². The summed E-state index contributed by atoms with van der Waals surface area (Å²) in [6, 6.07) is 0. The largest absolute Gasteiger partial charge is 0.123 e. The SMILES string of the molecule is CC12CCCC1C1CCC3CC(Cl)CCC3(C)C1CC2. The highest BCUT2D eigenvalue weighted by Crippen LogP contribution is 2.66. The molecule has 1 heteroatoms. The lowest BCUT2D eigenvalue weighted by Crippen LogP contribution is -2.52. The summed E-state index contributed by atoms with van der Waals surface area (Å²) >= 11 is 6.48. The Bertz CT molecular complexity index is 391. The van der Waals surface area contributed by atoms with Gasteiger partial charge in [0.15, 0.2) is 0 Å². The fraction of sp³-hybridized carbons (Fsp3) is 1.00. The molecular weight excluding hydrogens is 264 g/mol. The molecule has 0 amide bonds. The summed E-state index contributed by atoms with van der Waals surface area (Å²) < 4.78 is 0. The van der Waals surface area contributed by atoms with Crippen molar-refractivity contribution in [2.45, 2.75) is 83.4 Å². The molecular formula is C19H31Cl. The average molecular weight is 295 g/mol. The van der Waals surface area contributed by atoms with Crippen molar-refractivity contribution in [2.24, 2.45) is 34.5 Å². The number of hydrogen-bond acceptors (Lipinski definition) is 0. The zero-order valence-corrected chi connectivity index (χ0v) is 14.1. The van der Waals surface area contributed by atoms with Crippen molar-refractivity contribution in [2.75, 3.05) is 0 Å².